The highest BCUT2D eigenvalue weighted by atomic mass is 32.2. The zero-order valence-electron chi connectivity index (χ0n) is 16.9. The average Bonchev–Trinajstić information content (AvgIpc) is 2.65. The fourth-order valence-electron chi connectivity index (χ4n) is 2.78. The molecule has 0 heterocycles. The molecule has 0 aliphatic heterocycles. The van der Waals surface area contributed by atoms with Crippen molar-refractivity contribution in [1.29, 1.82) is 0 Å². The summed E-state index contributed by atoms with van der Waals surface area (Å²) in [5.74, 6) is 0.368. The van der Waals surface area contributed by atoms with Crippen LogP contribution in [-0.4, -0.2) is 40.3 Å². The van der Waals surface area contributed by atoms with Crippen LogP contribution in [0, 0.1) is 13.8 Å². The van der Waals surface area contributed by atoms with Crippen LogP contribution in [0.4, 0.5) is 5.69 Å². The maximum atomic E-state index is 12.3. The van der Waals surface area contributed by atoms with Crippen LogP contribution < -0.4 is 14.4 Å². The molecule has 1 N–H and O–H groups in total. The minimum absolute atomic E-state index is 0.264. The van der Waals surface area contributed by atoms with Gasteiger partial charge in [-0.1, -0.05) is 31.2 Å². The molecule has 152 valence electrons. The van der Waals surface area contributed by atoms with Crippen LogP contribution in [0.1, 0.15) is 23.6 Å². The van der Waals surface area contributed by atoms with Gasteiger partial charge in [0.25, 0.3) is 0 Å². The van der Waals surface area contributed by atoms with Crippen molar-refractivity contribution in [3.05, 3.63) is 59.2 Å². The largest absolute Gasteiger partial charge is 0.492 e. The summed E-state index contributed by atoms with van der Waals surface area (Å²) in [5.41, 5.74) is 3.74. The van der Waals surface area contributed by atoms with E-state index in [0.29, 0.717) is 25.3 Å². The van der Waals surface area contributed by atoms with E-state index in [0.717, 1.165) is 27.4 Å². The van der Waals surface area contributed by atoms with Gasteiger partial charge in [0.15, 0.2) is 0 Å². The fraction of sp³-hybridized carbons (Fsp3) is 0.381. The summed E-state index contributed by atoms with van der Waals surface area (Å²) in [5, 5.41) is 2.72. The Morgan fingerprint density at radius 3 is 2.46 bits per heavy atom. The van der Waals surface area contributed by atoms with E-state index in [9.17, 15) is 13.2 Å². The Hall–Kier alpha value is -2.54. The van der Waals surface area contributed by atoms with Crippen LogP contribution in [0.15, 0.2) is 42.5 Å². The topological polar surface area (TPSA) is 75.7 Å². The number of nitrogens with one attached hydrogen (secondary N) is 1. The Labute approximate surface area is 167 Å². The van der Waals surface area contributed by atoms with E-state index >= 15 is 0 Å². The van der Waals surface area contributed by atoms with Gasteiger partial charge in [-0.05, 0) is 55.2 Å². The fourth-order valence-corrected chi connectivity index (χ4v) is 3.67. The molecule has 0 fully saturated rings. The maximum absolute atomic E-state index is 12.3. The number of aryl methyl sites for hydroxylation is 3. The molecule has 2 aromatic rings. The number of anilines is 1. The highest BCUT2D eigenvalue weighted by Gasteiger charge is 2.22. The van der Waals surface area contributed by atoms with Crippen LogP contribution in [-0.2, 0) is 21.2 Å². The smallest absolute Gasteiger partial charge is 0.240 e. The molecule has 28 heavy (non-hydrogen) atoms. The Bertz CT molecular complexity index is 926. The first-order chi connectivity index (χ1) is 13.2. The maximum Gasteiger partial charge on any atom is 0.240 e. The molecule has 0 bridgehead atoms. The van der Waals surface area contributed by atoms with Crippen LogP contribution in [0.2, 0.25) is 0 Å². The molecule has 0 radical (unpaired) electrons. The lowest BCUT2D eigenvalue weighted by Gasteiger charge is -2.24. The number of benzene rings is 2. The van der Waals surface area contributed by atoms with Crippen molar-refractivity contribution in [2.24, 2.45) is 0 Å². The second-order valence-corrected chi connectivity index (χ2v) is 8.60. The molecule has 1 amide bonds. The summed E-state index contributed by atoms with van der Waals surface area (Å²) >= 11 is 0. The van der Waals surface area contributed by atoms with Gasteiger partial charge in [-0.25, -0.2) is 8.42 Å². The highest BCUT2D eigenvalue weighted by molar-refractivity contribution is 7.92. The number of sulfonamides is 1. The zero-order chi connectivity index (χ0) is 20.7. The van der Waals surface area contributed by atoms with Crippen LogP contribution in [0.25, 0.3) is 0 Å². The molecule has 0 unspecified atom stereocenters. The molecule has 0 spiro atoms. The first kappa shape index (κ1) is 21.8. The zero-order valence-corrected chi connectivity index (χ0v) is 17.7. The van der Waals surface area contributed by atoms with Crippen molar-refractivity contribution < 1.29 is 17.9 Å². The van der Waals surface area contributed by atoms with Crippen LogP contribution >= 0.6 is 0 Å². The Morgan fingerprint density at radius 1 is 1.11 bits per heavy atom. The molecular formula is C21H28N2O4S. The Morgan fingerprint density at radius 2 is 1.82 bits per heavy atom. The molecular weight excluding hydrogens is 376 g/mol. The van der Waals surface area contributed by atoms with Crippen LogP contribution in [0.5, 0.6) is 5.75 Å². The number of amides is 1. The lowest BCUT2D eigenvalue weighted by molar-refractivity contribution is -0.119. The molecule has 6 nitrogen and oxygen atoms in total. The monoisotopic (exact) mass is 404 g/mol. The van der Waals surface area contributed by atoms with Gasteiger partial charge in [0.1, 0.15) is 18.9 Å². The number of rotatable bonds is 9. The van der Waals surface area contributed by atoms with Gasteiger partial charge in [0.05, 0.1) is 18.5 Å². The minimum Gasteiger partial charge on any atom is -0.492 e. The van der Waals surface area contributed by atoms with Crippen molar-refractivity contribution in [3.63, 3.8) is 0 Å². The number of carbonyl (C=O) groups excluding carboxylic acids is 1. The molecule has 2 rings (SSSR count). The van der Waals surface area contributed by atoms with E-state index in [1.807, 2.05) is 51.1 Å². The molecule has 0 aliphatic rings. The second-order valence-electron chi connectivity index (χ2n) is 6.70. The van der Waals surface area contributed by atoms with Gasteiger partial charge >= 0.3 is 0 Å². The standard InChI is InChI=1S/C21H28N2O4S/c1-5-18-8-6-7-9-20(18)23(28(4,25)26)15-21(24)22-12-13-27-19-11-10-16(2)17(3)14-19/h6-11,14H,5,12-13,15H2,1-4H3,(H,22,24). The van der Waals surface area contributed by atoms with E-state index in [1.165, 1.54) is 5.56 Å². The summed E-state index contributed by atoms with van der Waals surface area (Å²) in [6.07, 6.45) is 1.78. The summed E-state index contributed by atoms with van der Waals surface area (Å²) in [4.78, 5) is 12.3. The van der Waals surface area contributed by atoms with E-state index in [4.69, 9.17) is 4.74 Å². The van der Waals surface area contributed by atoms with Crippen molar-refractivity contribution in [3.8, 4) is 5.75 Å². The highest BCUT2D eigenvalue weighted by Crippen LogP contribution is 2.23. The molecule has 0 aliphatic carbocycles. The molecule has 0 aromatic heterocycles. The lowest BCUT2D eigenvalue weighted by atomic mass is 10.1. The summed E-state index contributed by atoms with van der Waals surface area (Å²) in [6, 6.07) is 13.0. The van der Waals surface area contributed by atoms with E-state index in [-0.39, 0.29) is 12.5 Å². The summed E-state index contributed by atoms with van der Waals surface area (Å²) in [6.45, 7) is 6.32. The Balaban J connectivity index is 1.94. The third-order valence-corrected chi connectivity index (χ3v) is 5.63. The number of carbonyl (C=O) groups is 1. The van der Waals surface area contributed by atoms with Crippen molar-refractivity contribution in [2.45, 2.75) is 27.2 Å². The molecule has 7 heteroatoms. The van der Waals surface area contributed by atoms with Gasteiger partial charge < -0.3 is 10.1 Å². The van der Waals surface area contributed by atoms with E-state index in [1.54, 1.807) is 12.1 Å². The first-order valence-electron chi connectivity index (χ1n) is 9.24. The summed E-state index contributed by atoms with van der Waals surface area (Å²) < 4.78 is 31.2. The van der Waals surface area contributed by atoms with Gasteiger partial charge in [-0.3, -0.25) is 9.10 Å². The minimum atomic E-state index is -3.59. The Kier molecular flexibility index (Phi) is 7.45. The van der Waals surface area contributed by atoms with Crippen molar-refractivity contribution in [2.75, 3.05) is 30.3 Å². The van der Waals surface area contributed by atoms with Crippen LogP contribution in [0.3, 0.4) is 0 Å². The van der Waals surface area contributed by atoms with Gasteiger partial charge in [0, 0.05) is 0 Å². The normalized spacial score (nSPS) is 11.1. The SMILES string of the molecule is CCc1ccccc1N(CC(=O)NCCOc1ccc(C)c(C)c1)S(C)(=O)=O. The molecule has 0 saturated carbocycles. The third-order valence-electron chi connectivity index (χ3n) is 4.50. The van der Waals surface area contributed by atoms with Crippen molar-refractivity contribution in [1.82, 2.24) is 5.32 Å². The van der Waals surface area contributed by atoms with Gasteiger partial charge in [-0.2, -0.15) is 0 Å². The molecule has 0 saturated heterocycles. The number of ether oxygens (including phenoxy) is 1. The third kappa shape index (κ3) is 5.99. The van der Waals surface area contributed by atoms with E-state index < -0.39 is 10.0 Å². The molecule has 0 atom stereocenters. The van der Waals surface area contributed by atoms with Gasteiger partial charge in [0.2, 0.25) is 15.9 Å². The van der Waals surface area contributed by atoms with Gasteiger partial charge in [-0.15, -0.1) is 0 Å². The average molecular weight is 405 g/mol. The quantitative estimate of drug-likeness (QED) is 0.652. The lowest BCUT2D eigenvalue weighted by Crippen LogP contribution is -2.41. The number of hydrogen-bond acceptors (Lipinski definition) is 4. The van der Waals surface area contributed by atoms with E-state index in [2.05, 4.69) is 5.32 Å². The second kappa shape index (κ2) is 9.59. The number of nitrogens with zero attached hydrogens (tertiary/aromatic N) is 1. The predicted octanol–water partition coefficient (Wildman–Crippen LogP) is 2.83. The number of hydrogen-bond donors (Lipinski definition) is 1. The predicted molar refractivity (Wildman–Crippen MR) is 112 cm³/mol. The summed E-state index contributed by atoms with van der Waals surface area (Å²) in [7, 11) is -3.59. The van der Waals surface area contributed by atoms with Crippen molar-refractivity contribution >= 4 is 21.6 Å². The molecule has 2 aromatic carbocycles. The number of para-hydroxylation sites is 1. The first-order valence-corrected chi connectivity index (χ1v) is 11.1.